The molecular formula is C8H15NO3. The van der Waals surface area contributed by atoms with Crippen molar-refractivity contribution in [2.24, 2.45) is 5.41 Å². The Labute approximate surface area is 72.0 Å². The maximum Gasteiger partial charge on any atom is 0.311 e. The second-order valence-electron chi connectivity index (χ2n) is 3.45. The van der Waals surface area contributed by atoms with Crippen LogP contribution in [-0.4, -0.2) is 23.0 Å². The second kappa shape index (κ2) is 3.56. The number of amides is 1. The first kappa shape index (κ1) is 10.9. The van der Waals surface area contributed by atoms with Crippen molar-refractivity contribution < 1.29 is 14.7 Å². The van der Waals surface area contributed by atoms with Crippen LogP contribution in [0, 0.1) is 5.41 Å². The van der Waals surface area contributed by atoms with Crippen LogP contribution < -0.4 is 5.32 Å². The molecular weight excluding hydrogens is 158 g/mol. The molecule has 0 aromatic heterocycles. The van der Waals surface area contributed by atoms with Gasteiger partial charge >= 0.3 is 5.97 Å². The molecule has 0 radical (unpaired) electrons. The summed E-state index contributed by atoms with van der Waals surface area (Å²) in [4.78, 5) is 21.3. The normalized spacial score (nSPS) is 13.7. The maximum absolute atomic E-state index is 10.7. The van der Waals surface area contributed by atoms with E-state index in [0.717, 1.165) is 0 Å². The zero-order chi connectivity index (χ0) is 9.94. The van der Waals surface area contributed by atoms with E-state index in [0.29, 0.717) is 0 Å². The third-order valence-electron chi connectivity index (χ3n) is 2.05. The predicted octanol–water partition coefficient (Wildman–Crippen LogP) is 0.622. The van der Waals surface area contributed by atoms with Crippen LogP contribution >= 0.6 is 0 Å². The topological polar surface area (TPSA) is 66.4 Å². The molecule has 4 heteroatoms. The van der Waals surface area contributed by atoms with E-state index in [-0.39, 0.29) is 11.9 Å². The monoisotopic (exact) mass is 173 g/mol. The van der Waals surface area contributed by atoms with Crippen LogP contribution in [0.1, 0.15) is 27.7 Å². The van der Waals surface area contributed by atoms with E-state index in [1.54, 1.807) is 20.8 Å². The molecule has 1 unspecified atom stereocenters. The van der Waals surface area contributed by atoms with E-state index in [9.17, 15) is 9.59 Å². The van der Waals surface area contributed by atoms with Crippen molar-refractivity contribution >= 4 is 11.9 Å². The summed E-state index contributed by atoms with van der Waals surface area (Å²) in [6.07, 6.45) is 0. The molecule has 1 amide bonds. The molecule has 0 saturated heterocycles. The van der Waals surface area contributed by atoms with E-state index >= 15 is 0 Å². The van der Waals surface area contributed by atoms with Gasteiger partial charge in [-0.05, 0) is 20.8 Å². The number of aliphatic carboxylic acids is 1. The molecule has 12 heavy (non-hydrogen) atoms. The molecule has 0 fully saturated rings. The van der Waals surface area contributed by atoms with Crippen LogP contribution in [0.15, 0.2) is 0 Å². The molecule has 0 aliphatic rings. The van der Waals surface area contributed by atoms with Crippen molar-refractivity contribution in [1.82, 2.24) is 5.32 Å². The van der Waals surface area contributed by atoms with E-state index in [1.165, 1.54) is 6.92 Å². The molecule has 0 bridgehead atoms. The summed E-state index contributed by atoms with van der Waals surface area (Å²) in [7, 11) is 0. The number of carboxylic acid groups (broad SMARTS) is 1. The summed E-state index contributed by atoms with van der Waals surface area (Å²) in [6.45, 7) is 6.20. The number of carbonyl (C=O) groups is 2. The SMILES string of the molecule is CC(=O)NC(C)C(C)(C)C(=O)O. The van der Waals surface area contributed by atoms with E-state index in [4.69, 9.17) is 5.11 Å². The maximum atomic E-state index is 10.7. The minimum Gasteiger partial charge on any atom is -0.481 e. The average molecular weight is 173 g/mol. The molecule has 4 nitrogen and oxygen atoms in total. The molecule has 0 rings (SSSR count). The zero-order valence-corrected chi connectivity index (χ0v) is 7.84. The lowest BCUT2D eigenvalue weighted by Gasteiger charge is -2.27. The number of nitrogens with one attached hydrogen (secondary N) is 1. The van der Waals surface area contributed by atoms with Crippen LogP contribution in [0.5, 0.6) is 0 Å². The first-order chi connectivity index (χ1) is 5.28. The molecule has 0 aliphatic heterocycles. The van der Waals surface area contributed by atoms with Crippen LogP contribution in [-0.2, 0) is 9.59 Å². The fraction of sp³-hybridized carbons (Fsp3) is 0.750. The van der Waals surface area contributed by atoms with Crippen molar-refractivity contribution in [3.63, 3.8) is 0 Å². The van der Waals surface area contributed by atoms with Gasteiger partial charge in [0.1, 0.15) is 0 Å². The first-order valence-electron chi connectivity index (χ1n) is 3.79. The summed E-state index contributed by atoms with van der Waals surface area (Å²) < 4.78 is 0. The minimum atomic E-state index is -0.925. The average Bonchev–Trinajstić information content (AvgIpc) is 1.85. The quantitative estimate of drug-likeness (QED) is 0.657. The third-order valence-corrected chi connectivity index (χ3v) is 2.05. The summed E-state index contributed by atoms with van der Waals surface area (Å²) in [5.41, 5.74) is -0.925. The van der Waals surface area contributed by atoms with Gasteiger partial charge in [0.25, 0.3) is 0 Å². The van der Waals surface area contributed by atoms with Crippen LogP contribution in [0.3, 0.4) is 0 Å². The predicted molar refractivity (Wildman–Crippen MR) is 44.7 cm³/mol. The lowest BCUT2D eigenvalue weighted by molar-refractivity contribution is -0.148. The molecule has 0 aliphatic carbocycles. The first-order valence-corrected chi connectivity index (χ1v) is 3.79. The van der Waals surface area contributed by atoms with Gasteiger partial charge in [-0.25, -0.2) is 0 Å². The molecule has 0 aromatic carbocycles. The van der Waals surface area contributed by atoms with Gasteiger partial charge in [0, 0.05) is 13.0 Å². The number of hydrogen-bond acceptors (Lipinski definition) is 2. The number of carboxylic acids is 1. The highest BCUT2D eigenvalue weighted by Gasteiger charge is 2.34. The molecule has 0 saturated carbocycles. The molecule has 1 atom stereocenters. The Morgan fingerprint density at radius 3 is 2.08 bits per heavy atom. The van der Waals surface area contributed by atoms with Crippen molar-refractivity contribution in [2.75, 3.05) is 0 Å². The number of rotatable bonds is 3. The molecule has 0 aromatic rings. The van der Waals surface area contributed by atoms with Gasteiger partial charge < -0.3 is 10.4 Å². The highest BCUT2D eigenvalue weighted by molar-refractivity contribution is 5.77. The van der Waals surface area contributed by atoms with Gasteiger partial charge in [0.05, 0.1) is 5.41 Å². The Kier molecular flexibility index (Phi) is 3.24. The Morgan fingerprint density at radius 1 is 1.42 bits per heavy atom. The highest BCUT2D eigenvalue weighted by Crippen LogP contribution is 2.20. The molecule has 2 N–H and O–H groups in total. The Hall–Kier alpha value is -1.06. The highest BCUT2D eigenvalue weighted by atomic mass is 16.4. The fourth-order valence-electron chi connectivity index (χ4n) is 0.671. The van der Waals surface area contributed by atoms with Gasteiger partial charge in [0.2, 0.25) is 5.91 Å². The van der Waals surface area contributed by atoms with Crippen molar-refractivity contribution in [3.8, 4) is 0 Å². The third kappa shape index (κ3) is 2.53. The summed E-state index contributed by atoms with van der Waals surface area (Å²) in [5, 5.41) is 11.3. The Bertz CT molecular complexity index is 198. The zero-order valence-electron chi connectivity index (χ0n) is 7.84. The second-order valence-corrected chi connectivity index (χ2v) is 3.45. The van der Waals surface area contributed by atoms with Crippen LogP contribution in [0.25, 0.3) is 0 Å². The van der Waals surface area contributed by atoms with Gasteiger partial charge in [-0.3, -0.25) is 9.59 Å². The van der Waals surface area contributed by atoms with E-state index in [2.05, 4.69) is 5.32 Å². The van der Waals surface area contributed by atoms with Crippen LogP contribution in [0.4, 0.5) is 0 Å². The molecule has 70 valence electrons. The summed E-state index contributed by atoms with van der Waals surface area (Å²) in [5.74, 6) is -1.12. The van der Waals surface area contributed by atoms with Crippen LogP contribution in [0.2, 0.25) is 0 Å². The Balaban J connectivity index is 4.35. The largest absolute Gasteiger partial charge is 0.481 e. The lowest BCUT2D eigenvalue weighted by Crippen LogP contribution is -2.46. The van der Waals surface area contributed by atoms with Crippen molar-refractivity contribution in [3.05, 3.63) is 0 Å². The molecule has 0 heterocycles. The van der Waals surface area contributed by atoms with Gasteiger partial charge in [-0.15, -0.1) is 0 Å². The van der Waals surface area contributed by atoms with Gasteiger partial charge in [-0.2, -0.15) is 0 Å². The van der Waals surface area contributed by atoms with Gasteiger partial charge in [-0.1, -0.05) is 0 Å². The number of hydrogen-bond donors (Lipinski definition) is 2. The molecule has 0 spiro atoms. The summed E-state index contributed by atoms with van der Waals surface area (Å²) in [6, 6.07) is -0.368. The lowest BCUT2D eigenvalue weighted by atomic mass is 9.85. The Morgan fingerprint density at radius 2 is 1.83 bits per heavy atom. The smallest absolute Gasteiger partial charge is 0.311 e. The van der Waals surface area contributed by atoms with Gasteiger partial charge in [0.15, 0.2) is 0 Å². The minimum absolute atomic E-state index is 0.211. The van der Waals surface area contributed by atoms with Crippen molar-refractivity contribution in [2.45, 2.75) is 33.7 Å². The summed E-state index contributed by atoms with van der Waals surface area (Å²) >= 11 is 0. The van der Waals surface area contributed by atoms with E-state index < -0.39 is 11.4 Å². The van der Waals surface area contributed by atoms with E-state index in [1.807, 2.05) is 0 Å². The standard InChI is InChI=1S/C8H15NO3/c1-5(9-6(2)10)8(3,4)7(11)12/h5H,1-4H3,(H,9,10)(H,11,12). The fourth-order valence-corrected chi connectivity index (χ4v) is 0.671. The number of carbonyl (C=O) groups excluding carboxylic acids is 1. The van der Waals surface area contributed by atoms with Crippen molar-refractivity contribution in [1.29, 1.82) is 0 Å².